The molecule has 3 heteroatoms. The Balaban J connectivity index is 0.00000121. The van der Waals surface area contributed by atoms with Crippen LogP contribution in [-0.2, 0) is 4.74 Å². The van der Waals surface area contributed by atoms with Crippen molar-refractivity contribution >= 4 is 0 Å². The fraction of sp³-hybridized carbons (Fsp3) is 1.00. The molecule has 0 amide bonds. The predicted molar refractivity (Wildman–Crippen MR) is 75.6 cm³/mol. The highest BCUT2D eigenvalue weighted by Gasteiger charge is 2.18. The summed E-state index contributed by atoms with van der Waals surface area (Å²) in [5, 5.41) is 0. The van der Waals surface area contributed by atoms with Crippen molar-refractivity contribution in [2.75, 3.05) is 39.3 Å². The summed E-state index contributed by atoms with van der Waals surface area (Å²) in [4.78, 5) is 5.04. The number of hydrogen-bond donors (Lipinski definition) is 0. The average Bonchev–Trinajstić information content (AvgIpc) is 2.32. The van der Waals surface area contributed by atoms with Crippen molar-refractivity contribution in [1.29, 1.82) is 0 Å². The maximum absolute atomic E-state index is 5.56. The molecule has 0 saturated carbocycles. The van der Waals surface area contributed by atoms with Gasteiger partial charge in [-0.05, 0) is 27.7 Å². The number of hydrogen-bond acceptors (Lipinski definition) is 3. The van der Waals surface area contributed by atoms with E-state index in [-0.39, 0.29) is 0 Å². The first-order valence-corrected chi connectivity index (χ1v) is 7.17. The van der Waals surface area contributed by atoms with Crippen LogP contribution in [0, 0.1) is 0 Å². The Bertz CT molecular complexity index is 161. The molecular weight excluding hydrogens is 212 g/mol. The Morgan fingerprint density at radius 2 is 1.47 bits per heavy atom. The van der Waals surface area contributed by atoms with Gasteiger partial charge in [-0.1, -0.05) is 13.8 Å². The second-order valence-electron chi connectivity index (χ2n) is 4.89. The molecule has 1 fully saturated rings. The van der Waals surface area contributed by atoms with Gasteiger partial charge in [0, 0.05) is 38.8 Å². The van der Waals surface area contributed by atoms with Gasteiger partial charge in [-0.2, -0.15) is 0 Å². The van der Waals surface area contributed by atoms with Crippen LogP contribution in [0.4, 0.5) is 0 Å². The normalized spacial score (nSPS) is 18.4. The molecule has 17 heavy (non-hydrogen) atoms. The summed E-state index contributed by atoms with van der Waals surface area (Å²) in [6.45, 7) is 19.5. The molecule has 0 unspecified atom stereocenters. The van der Waals surface area contributed by atoms with Crippen molar-refractivity contribution < 1.29 is 4.74 Å². The third-order valence-corrected chi connectivity index (χ3v) is 3.00. The molecule has 0 spiro atoms. The zero-order chi connectivity index (χ0) is 13.3. The minimum atomic E-state index is 0.363. The molecule has 0 aromatic carbocycles. The largest absolute Gasteiger partial charge is 0.377 e. The summed E-state index contributed by atoms with van der Waals surface area (Å²) in [6.07, 6.45) is 0.363. The Labute approximate surface area is 108 Å². The minimum Gasteiger partial charge on any atom is -0.377 e. The van der Waals surface area contributed by atoms with Gasteiger partial charge >= 0.3 is 0 Å². The van der Waals surface area contributed by atoms with Gasteiger partial charge in [-0.3, -0.25) is 9.80 Å². The molecule has 0 bridgehead atoms. The predicted octanol–water partition coefficient (Wildman–Crippen LogP) is 2.46. The van der Waals surface area contributed by atoms with Gasteiger partial charge in [0.1, 0.15) is 0 Å². The molecule has 1 saturated heterocycles. The van der Waals surface area contributed by atoms with Crippen LogP contribution in [0.5, 0.6) is 0 Å². The van der Waals surface area contributed by atoms with Crippen molar-refractivity contribution in [3.63, 3.8) is 0 Å². The molecule has 0 radical (unpaired) electrons. The summed E-state index contributed by atoms with van der Waals surface area (Å²) < 4.78 is 5.56. The Morgan fingerprint density at radius 3 is 1.88 bits per heavy atom. The fourth-order valence-corrected chi connectivity index (χ4v) is 1.92. The van der Waals surface area contributed by atoms with E-state index in [0.29, 0.717) is 12.1 Å². The van der Waals surface area contributed by atoms with E-state index in [1.807, 2.05) is 13.8 Å². The number of nitrogens with zero attached hydrogens (tertiary/aromatic N) is 2. The molecule has 104 valence electrons. The van der Waals surface area contributed by atoms with E-state index in [0.717, 1.165) is 13.2 Å². The van der Waals surface area contributed by atoms with Crippen molar-refractivity contribution in [2.45, 2.75) is 53.7 Å². The number of piperazine rings is 1. The van der Waals surface area contributed by atoms with Gasteiger partial charge in [0.2, 0.25) is 0 Å². The van der Waals surface area contributed by atoms with Crippen LogP contribution in [-0.4, -0.2) is 61.3 Å². The van der Waals surface area contributed by atoms with Crippen LogP contribution in [0.2, 0.25) is 0 Å². The van der Waals surface area contributed by atoms with Crippen LogP contribution in [0.1, 0.15) is 41.5 Å². The van der Waals surface area contributed by atoms with Crippen LogP contribution in [0.3, 0.4) is 0 Å². The zero-order valence-corrected chi connectivity index (χ0v) is 12.7. The van der Waals surface area contributed by atoms with Crippen LogP contribution in [0.25, 0.3) is 0 Å². The van der Waals surface area contributed by atoms with Crippen molar-refractivity contribution in [1.82, 2.24) is 9.80 Å². The molecule has 0 atom stereocenters. The molecule has 0 N–H and O–H groups in total. The smallest absolute Gasteiger partial charge is 0.0596 e. The standard InChI is InChI=1S/C12H26N2O.C2H6/c1-11(2)14-7-5-13(6-8-14)9-10-15-12(3)4;1-2/h11-12H,5-10H2,1-4H3;1-2H3. The Morgan fingerprint density at radius 1 is 0.941 bits per heavy atom. The Kier molecular flexibility index (Phi) is 9.79. The van der Waals surface area contributed by atoms with Crippen molar-refractivity contribution in [3.05, 3.63) is 0 Å². The van der Waals surface area contributed by atoms with Crippen molar-refractivity contribution in [3.8, 4) is 0 Å². The summed E-state index contributed by atoms with van der Waals surface area (Å²) in [6, 6.07) is 0.694. The average molecular weight is 244 g/mol. The first kappa shape index (κ1) is 16.9. The molecular formula is C14H32N2O. The minimum absolute atomic E-state index is 0.363. The molecule has 1 aliphatic heterocycles. The lowest BCUT2D eigenvalue weighted by Gasteiger charge is -2.36. The molecule has 0 aliphatic carbocycles. The second kappa shape index (κ2) is 9.86. The van der Waals surface area contributed by atoms with E-state index in [1.54, 1.807) is 0 Å². The van der Waals surface area contributed by atoms with E-state index in [4.69, 9.17) is 4.74 Å². The third-order valence-electron chi connectivity index (χ3n) is 3.00. The van der Waals surface area contributed by atoms with Crippen LogP contribution < -0.4 is 0 Å². The van der Waals surface area contributed by atoms with E-state index >= 15 is 0 Å². The first-order valence-electron chi connectivity index (χ1n) is 7.17. The van der Waals surface area contributed by atoms with Crippen molar-refractivity contribution in [2.24, 2.45) is 0 Å². The van der Waals surface area contributed by atoms with Gasteiger partial charge in [-0.15, -0.1) is 0 Å². The zero-order valence-electron chi connectivity index (χ0n) is 12.7. The third kappa shape index (κ3) is 7.74. The highest BCUT2D eigenvalue weighted by Crippen LogP contribution is 2.05. The molecule has 1 rings (SSSR count). The van der Waals surface area contributed by atoms with Crippen LogP contribution >= 0.6 is 0 Å². The number of rotatable bonds is 5. The molecule has 3 nitrogen and oxygen atoms in total. The van der Waals surface area contributed by atoms with Gasteiger partial charge < -0.3 is 4.74 Å². The van der Waals surface area contributed by atoms with Gasteiger partial charge in [0.05, 0.1) is 12.7 Å². The summed E-state index contributed by atoms with van der Waals surface area (Å²) >= 11 is 0. The fourth-order valence-electron chi connectivity index (χ4n) is 1.92. The molecule has 0 aromatic heterocycles. The van der Waals surface area contributed by atoms with Gasteiger partial charge in [0.15, 0.2) is 0 Å². The number of ether oxygens (including phenoxy) is 1. The second-order valence-corrected chi connectivity index (χ2v) is 4.89. The monoisotopic (exact) mass is 244 g/mol. The van der Waals surface area contributed by atoms with E-state index in [2.05, 4.69) is 37.5 Å². The van der Waals surface area contributed by atoms with Gasteiger partial charge in [0.25, 0.3) is 0 Å². The lowest BCUT2D eigenvalue weighted by atomic mass is 10.2. The van der Waals surface area contributed by atoms with E-state index in [1.165, 1.54) is 26.2 Å². The molecule has 0 aromatic rings. The maximum atomic E-state index is 5.56. The highest BCUT2D eigenvalue weighted by atomic mass is 16.5. The highest BCUT2D eigenvalue weighted by molar-refractivity contribution is 4.73. The van der Waals surface area contributed by atoms with Gasteiger partial charge in [-0.25, -0.2) is 0 Å². The van der Waals surface area contributed by atoms with E-state index in [9.17, 15) is 0 Å². The summed E-state index contributed by atoms with van der Waals surface area (Å²) in [7, 11) is 0. The maximum Gasteiger partial charge on any atom is 0.0596 e. The Hall–Kier alpha value is -0.120. The topological polar surface area (TPSA) is 15.7 Å². The summed E-state index contributed by atoms with van der Waals surface area (Å²) in [5.74, 6) is 0. The quantitative estimate of drug-likeness (QED) is 0.739. The van der Waals surface area contributed by atoms with Crippen LogP contribution in [0.15, 0.2) is 0 Å². The molecule has 1 aliphatic rings. The summed E-state index contributed by atoms with van der Waals surface area (Å²) in [5.41, 5.74) is 0. The lowest BCUT2D eigenvalue weighted by molar-refractivity contribution is 0.0404. The lowest BCUT2D eigenvalue weighted by Crippen LogP contribution is -2.49. The van der Waals surface area contributed by atoms with E-state index < -0.39 is 0 Å². The molecule has 1 heterocycles. The first-order chi connectivity index (χ1) is 8.09. The SMILES string of the molecule is CC.CC(C)OCCN1CCN(C(C)C)CC1.